The molecule has 1 aliphatic rings. The zero-order chi connectivity index (χ0) is 15.3. The molecule has 6 heteroatoms. The molecule has 1 fully saturated rings. The number of ether oxygens (including phenoxy) is 1. The lowest BCUT2D eigenvalue weighted by Gasteiger charge is -2.35. The second-order valence-electron chi connectivity index (χ2n) is 5.59. The molecule has 4 nitrogen and oxygen atoms in total. The van der Waals surface area contributed by atoms with Crippen LogP contribution in [0.1, 0.15) is 37.5 Å². The Labute approximate surface area is 138 Å². The number of carbonyl (C=O) groups excluding carboxylic acids is 1. The fourth-order valence-corrected chi connectivity index (χ4v) is 4.11. The Morgan fingerprint density at radius 2 is 2.29 bits per heavy atom. The highest BCUT2D eigenvalue weighted by molar-refractivity contribution is 9.10. The predicted octanol–water partition coefficient (Wildman–Crippen LogP) is 3.08. The first-order valence-corrected chi connectivity index (χ1v) is 9.02. The smallest absolute Gasteiger partial charge is 0.308 e. The summed E-state index contributed by atoms with van der Waals surface area (Å²) in [6, 6.07) is 2.08. The van der Waals surface area contributed by atoms with Crippen molar-refractivity contribution in [3.05, 3.63) is 20.8 Å². The van der Waals surface area contributed by atoms with E-state index in [1.165, 1.54) is 4.88 Å². The molecule has 0 atom stereocenters. The number of esters is 1. The Hall–Kier alpha value is -0.430. The summed E-state index contributed by atoms with van der Waals surface area (Å²) in [4.78, 5) is 12.9. The molecule has 0 radical (unpaired) electrons. The van der Waals surface area contributed by atoms with E-state index in [-0.39, 0.29) is 11.9 Å². The summed E-state index contributed by atoms with van der Waals surface area (Å²) in [6.45, 7) is 3.58. The van der Waals surface area contributed by atoms with Gasteiger partial charge in [0.25, 0.3) is 0 Å². The van der Waals surface area contributed by atoms with E-state index in [0.29, 0.717) is 38.8 Å². The van der Waals surface area contributed by atoms with Gasteiger partial charge in [-0.25, -0.2) is 0 Å². The van der Waals surface area contributed by atoms with Crippen molar-refractivity contribution in [3.8, 4) is 0 Å². The third-order valence-electron chi connectivity index (χ3n) is 3.91. The summed E-state index contributed by atoms with van der Waals surface area (Å²) in [7, 11) is 0. The molecule has 0 amide bonds. The maximum atomic E-state index is 11.7. The van der Waals surface area contributed by atoms with Crippen LogP contribution >= 0.6 is 27.3 Å². The molecule has 1 aromatic rings. The molecule has 0 unspecified atom stereocenters. The van der Waals surface area contributed by atoms with E-state index in [1.54, 1.807) is 11.3 Å². The fourth-order valence-electron chi connectivity index (χ4n) is 2.69. The van der Waals surface area contributed by atoms with Gasteiger partial charge in [0.15, 0.2) is 0 Å². The predicted molar refractivity (Wildman–Crippen MR) is 87.3 cm³/mol. The summed E-state index contributed by atoms with van der Waals surface area (Å²) in [5.74, 6) is -0.158. The molecule has 0 aliphatic heterocycles. The van der Waals surface area contributed by atoms with Gasteiger partial charge in [-0.05, 0) is 54.6 Å². The number of halogens is 1. The lowest BCUT2D eigenvalue weighted by atomic mass is 9.79. The number of thiophene rings is 1. The van der Waals surface area contributed by atoms with Gasteiger partial charge in [0, 0.05) is 27.8 Å². The highest BCUT2D eigenvalue weighted by atomic mass is 79.9. The molecule has 118 valence electrons. The van der Waals surface area contributed by atoms with E-state index in [2.05, 4.69) is 32.7 Å². The molecule has 2 rings (SSSR count). The zero-order valence-corrected chi connectivity index (χ0v) is 14.6. The van der Waals surface area contributed by atoms with Crippen molar-refractivity contribution >= 4 is 33.2 Å². The quantitative estimate of drug-likeness (QED) is 0.750. The number of carbonyl (C=O) groups is 1. The van der Waals surface area contributed by atoms with Crippen LogP contribution in [0.15, 0.2) is 15.9 Å². The molecule has 0 saturated heterocycles. The second-order valence-corrected chi connectivity index (χ2v) is 7.50. The molecular weight excluding hydrogens is 354 g/mol. The molecule has 0 spiro atoms. The summed E-state index contributed by atoms with van der Waals surface area (Å²) < 4.78 is 6.15. The largest absolute Gasteiger partial charge is 0.466 e. The highest BCUT2D eigenvalue weighted by Crippen LogP contribution is 2.32. The fraction of sp³-hybridized carbons (Fsp3) is 0.667. The normalized spacial score (nSPS) is 25.8. The summed E-state index contributed by atoms with van der Waals surface area (Å²) in [5.41, 5.74) is -0.697. The van der Waals surface area contributed by atoms with E-state index in [1.807, 2.05) is 6.92 Å². The first kappa shape index (κ1) is 16.9. The Bertz CT molecular complexity index is 469. The summed E-state index contributed by atoms with van der Waals surface area (Å²) in [5, 5.41) is 15.9. The van der Waals surface area contributed by atoms with Crippen LogP contribution in [0.4, 0.5) is 0 Å². The average Bonchev–Trinajstić information content (AvgIpc) is 2.85. The van der Waals surface area contributed by atoms with E-state index < -0.39 is 5.60 Å². The number of nitrogens with one attached hydrogen (secondary N) is 1. The van der Waals surface area contributed by atoms with Crippen molar-refractivity contribution in [1.29, 1.82) is 0 Å². The lowest BCUT2D eigenvalue weighted by Crippen LogP contribution is -2.44. The minimum absolute atomic E-state index is 0.0431. The maximum absolute atomic E-state index is 11.7. The summed E-state index contributed by atoms with van der Waals surface area (Å²) in [6.07, 6.45) is 2.72. The van der Waals surface area contributed by atoms with Crippen LogP contribution in [0, 0.1) is 5.92 Å². The van der Waals surface area contributed by atoms with Crippen molar-refractivity contribution in [3.63, 3.8) is 0 Å². The Morgan fingerprint density at radius 3 is 2.86 bits per heavy atom. The molecule has 21 heavy (non-hydrogen) atoms. The van der Waals surface area contributed by atoms with Gasteiger partial charge in [-0.3, -0.25) is 4.79 Å². The topological polar surface area (TPSA) is 58.6 Å². The van der Waals surface area contributed by atoms with Crippen molar-refractivity contribution < 1.29 is 14.6 Å². The van der Waals surface area contributed by atoms with Gasteiger partial charge >= 0.3 is 5.97 Å². The Morgan fingerprint density at radius 1 is 1.57 bits per heavy atom. The van der Waals surface area contributed by atoms with E-state index in [4.69, 9.17) is 4.74 Å². The standard InChI is InChI=1S/C15H22BrNO3S/c1-2-20-14(18)11-3-5-15(19,6-4-11)10-17-8-13-7-12(16)9-21-13/h7,9,11,17,19H,2-6,8,10H2,1H3. The molecule has 1 heterocycles. The van der Waals surface area contributed by atoms with E-state index in [9.17, 15) is 9.90 Å². The van der Waals surface area contributed by atoms with Crippen molar-refractivity contribution in [2.24, 2.45) is 5.92 Å². The summed E-state index contributed by atoms with van der Waals surface area (Å²) >= 11 is 5.13. The van der Waals surface area contributed by atoms with E-state index in [0.717, 1.165) is 11.0 Å². The van der Waals surface area contributed by atoms with Crippen LogP contribution < -0.4 is 5.32 Å². The van der Waals surface area contributed by atoms with Gasteiger partial charge < -0.3 is 15.2 Å². The zero-order valence-electron chi connectivity index (χ0n) is 12.2. The maximum Gasteiger partial charge on any atom is 0.308 e. The first-order valence-electron chi connectivity index (χ1n) is 7.35. The molecule has 1 saturated carbocycles. The number of hydrogen-bond donors (Lipinski definition) is 2. The molecule has 0 aromatic carbocycles. The van der Waals surface area contributed by atoms with Crippen LogP contribution in [0.2, 0.25) is 0 Å². The van der Waals surface area contributed by atoms with Gasteiger partial charge in [0.1, 0.15) is 0 Å². The first-order chi connectivity index (χ1) is 10.0. The molecule has 1 aliphatic carbocycles. The van der Waals surface area contributed by atoms with Gasteiger partial charge in [-0.2, -0.15) is 0 Å². The lowest BCUT2D eigenvalue weighted by molar-refractivity contribution is -0.151. The average molecular weight is 376 g/mol. The molecular formula is C15H22BrNO3S. The van der Waals surface area contributed by atoms with Crippen molar-refractivity contribution in [2.75, 3.05) is 13.2 Å². The molecule has 1 aromatic heterocycles. The van der Waals surface area contributed by atoms with Crippen molar-refractivity contribution in [1.82, 2.24) is 5.32 Å². The molecule has 2 N–H and O–H groups in total. The minimum atomic E-state index is -0.697. The van der Waals surface area contributed by atoms with Crippen LogP contribution in [-0.2, 0) is 16.1 Å². The number of aliphatic hydroxyl groups is 1. The second kappa shape index (κ2) is 7.72. The van der Waals surface area contributed by atoms with Gasteiger partial charge in [0.05, 0.1) is 18.1 Å². The minimum Gasteiger partial charge on any atom is -0.466 e. The van der Waals surface area contributed by atoms with Gasteiger partial charge in [-0.15, -0.1) is 11.3 Å². The highest BCUT2D eigenvalue weighted by Gasteiger charge is 2.35. The van der Waals surface area contributed by atoms with Crippen LogP contribution in [0.25, 0.3) is 0 Å². The third-order valence-corrected chi connectivity index (χ3v) is 5.61. The van der Waals surface area contributed by atoms with E-state index >= 15 is 0 Å². The number of rotatable bonds is 6. The Kier molecular flexibility index (Phi) is 6.22. The van der Waals surface area contributed by atoms with Gasteiger partial charge in [0.2, 0.25) is 0 Å². The SMILES string of the molecule is CCOC(=O)C1CCC(O)(CNCc2cc(Br)cs2)CC1. The van der Waals surface area contributed by atoms with Gasteiger partial charge in [-0.1, -0.05) is 0 Å². The molecule has 0 bridgehead atoms. The van der Waals surface area contributed by atoms with Crippen LogP contribution in [0.3, 0.4) is 0 Å². The Balaban J connectivity index is 1.73. The van der Waals surface area contributed by atoms with Crippen molar-refractivity contribution in [2.45, 2.75) is 44.8 Å². The number of hydrogen-bond acceptors (Lipinski definition) is 5. The van der Waals surface area contributed by atoms with Crippen LogP contribution in [0.5, 0.6) is 0 Å². The third kappa shape index (κ3) is 5.06. The monoisotopic (exact) mass is 375 g/mol. The van der Waals surface area contributed by atoms with Crippen LogP contribution in [-0.4, -0.2) is 29.8 Å².